The molecule has 0 spiro atoms. The summed E-state index contributed by atoms with van der Waals surface area (Å²) < 4.78 is 11.4. The molecule has 2 aromatic rings. The van der Waals surface area contributed by atoms with Gasteiger partial charge >= 0.3 is 6.03 Å². The van der Waals surface area contributed by atoms with Crippen LogP contribution in [0.1, 0.15) is 19.8 Å². The molecule has 1 aliphatic heterocycles. The van der Waals surface area contributed by atoms with Crippen LogP contribution in [0.4, 0.5) is 10.5 Å². The first kappa shape index (κ1) is 17.0. The molecule has 7 heteroatoms. The number of nitrogens with zero attached hydrogens (tertiary/aromatic N) is 3. The van der Waals surface area contributed by atoms with Gasteiger partial charge in [-0.3, -0.25) is 0 Å². The molecule has 3 rings (SSSR count). The predicted molar refractivity (Wildman–Crippen MR) is 93.9 cm³/mol. The number of para-hydroxylation sites is 2. The Morgan fingerprint density at radius 1 is 1.28 bits per heavy atom. The molecule has 1 aliphatic rings. The van der Waals surface area contributed by atoms with Gasteiger partial charge in [0.1, 0.15) is 18.2 Å². The molecule has 1 aromatic carbocycles. The summed E-state index contributed by atoms with van der Waals surface area (Å²) in [6.45, 7) is 3.75. The molecular formula is C18H22N4O3. The van der Waals surface area contributed by atoms with Crippen molar-refractivity contribution in [1.29, 1.82) is 0 Å². The molecule has 1 saturated heterocycles. The number of aromatic nitrogens is 2. The number of carbonyl (C=O) groups excluding carboxylic acids is 1. The Labute approximate surface area is 147 Å². The van der Waals surface area contributed by atoms with Crippen molar-refractivity contribution in [2.24, 2.45) is 0 Å². The fourth-order valence-electron chi connectivity index (χ4n) is 2.74. The van der Waals surface area contributed by atoms with Crippen LogP contribution in [-0.2, 0) is 0 Å². The van der Waals surface area contributed by atoms with Crippen LogP contribution in [0, 0.1) is 0 Å². The summed E-state index contributed by atoms with van der Waals surface area (Å²) in [6.07, 6.45) is 4.72. The van der Waals surface area contributed by atoms with E-state index in [0.29, 0.717) is 37.0 Å². The van der Waals surface area contributed by atoms with E-state index >= 15 is 0 Å². The summed E-state index contributed by atoms with van der Waals surface area (Å²) in [5, 5.41) is 2.93. The maximum atomic E-state index is 12.5. The lowest BCUT2D eigenvalue weighted by Gasteiger charge is -2.32. The lowest BCUT2D eigenvalue weighted by molar-refractivity contribution is 0.111. The number of benzene rings is 1. The van der Waals surface area contributed by atoms with Gasteiger partial charge in [-0.05, 0) is 19.1 Å². The third-order valence-electron chi connectivity index (χ3n) is 4.00. The van der Waals surface area contributed by atoms with Crippen molar-refractivity contribution in [2.45, 2.75) is 25.9 Å². The number of piperidine rings is 1. The molecule has 0 bridgehead atoms. The van der Waals surface area contributed by atoms with Crippen molar-refractivity contribution in [3.63, 3.8) is 0 Å². The Kier molecular flexibility index (Phi) is 5.66. The summed E-state index contributed by atoms with van der Waals surface area (Å²) in [7, 11) is 0. The van der Waals surface area contributed by atoms with Gasteiger partial charge in [0.15, 0.2) is 0 Å². The van der Waals surface area contributed by atoms with Gasteiger partial charge in [-0.15, -0.1) is 0 Å². The Hall–Kier alpha value is -2.83. The van der Waals surface area contributed by atoms with Crippen molar-refractivity contribution >= 4 is 11.7 Å². The summed E-state index contributed by atoms with van der Waals surface area (Å²) in [4.78, 5) is 22.2. The minimum atomic E-state index is -0.118. The lowest BCUT2D eigenvalue weighted by atomic mass is 10.1. The van der Waals surface area contributed by atoms with Gasteiger partial charge in [0.2, 0.25) is 5.88 Å². The van der Waals surface area contributed by atoms with E-state index in [1.807, 2.05) is 31.2 Å². The fourth-order valence-corrected chi connectivity index (χ4v) is 2.74. The van der Waals surface area contributed by atoms with E-state index in [9.17, 15) is 4.79 Å². The first-order valence-corrected chi connectivity index (χ1v) is 8.46. The van der Waals surface area contributed by atoms with Gasteiger partial charge in [0.25, 0.3) is 0 Å². The molecule has 0 radical (unpaired) electrons. The summed E-state index contributed by atoms with van der Waals surface area (Å²) in [5.74, 6) is 1.25. The maximum Gasteiger partial charge on any atom is 0.321 e. The van der Waals surface area contributed by atoms with Crippen LogP contribution in [0.15, 0.2) is 42.9 Å². The zero-order valence-electron chi connectivity index (χ0n) is 14.2. The maximum absolute atomic E-state index is 12.5. The van der Waals surface area contributed by atoms with Crippen molar-refractivity contribution in [1.82, 2.24) is 14.9 Å². The smallest absolute Gasteiger partial charge is 0.321 e. The number of hydrogen-bond donors (Lipinski definition) is 1. The average Bonchev–Trinajstić information content (AvgIpc) is 2.65. The lowest BCUT2D eigenvalue weighted by Crippen LogP contribution is -2.43. The van der Waals surface area contributed by atoms with E-state index in [1.54, 1.807) is 17.2 Å². The van der Waals surface area contributed by atoms with Crippen molar-refractivity contribution in [3.8, 4) is 11.6 Å². The number of likely N-dealkylation sites (tertiary alicyclic amines) is 1. The second kappa shape index (κ2) is 8.32. The highest BCUT2D eigenvalue weighted by Crippen LogP contribution is 2.25. The molecule has 1 N–H and O–H groups in total. The van der Waals surface area contributed by atoms with Crippen LogP contribution >= 0.6 is 0 Å². The second-order valence-corrected chi connectivity index (χ2v) is 5.71. The van der Waals surface area contributed by atoms with E-state index in [1.165, 1.54) is 6.33 Å². The number of nitrogens with one attached hydrogen (secondary N) is 1. The first-order chi connectivity index (χ1) is 12.3. The number of hydrogen-bond acceptors (Lipinski definition) is 5. The van der Waals surface area contributed by atoms with Crippen LogP contribution in [-0.4, -0.2) is 46.7 Å². The summed E-state index contributed by atoms with van der Waals surface area (Å²) >= 11 is 0. The molecule has 0 aliphatic carbocycles. The van der Waals surface area contributed by atoms with E-state index in [4.69, 9.17) is 9.47 Å². The Morgan fingerprint density at radius 2 is 2.08 bits per heavy atom. The molecule has 0 saturated carbocycles. The number of rotatable bonds is 5. The Bertz CT molecular complexity index is 688. The number of ether oxygens (including phenoxy) is 2. The second-order valence-electron chi connectivity index (χ2n) is 5.71. The van der Waals surface area contributed by atoms with Crippen LogP contribution in [0.3, 0.4) is 0 Å². The van der Waals surface area contributed by atoms with E-state index < -0.39 is 0 Å². The molecular weight excluding hydrogens is 320 g/mol. The predicted octanol–water partition coefficient (Wildman–Crippen LogP) is 2.95. The van der Waals surface area contributed by atoms with Gasteiger partial charge in [-0.1, -0.05) is 12.1 Å². The van der Waals surface area contributed by atoms with E-state index in [0.717, 1.165) is 12.8 Å². The molecule has 132 valence electrons. The zero-order chi connectivity index (χ0) is 17.5. The van der Waals surface area contributed by atoms with Crippen LogP contribution in [0.2, 0.25) is 0 Å². The van der Waals surface area contributed by atoms with Gasteiger partial charge in [0.05, 0.1) is 12.3 Å². The standard InChI is InChI=1S/C18H22N4O3/c1-2-24-16-6-4-3-5-15(16)21-18(23)22-11-8-14(9-12-22)25-17-7-10-19-13-20-17/h3-7,10,13-14H,2,8-9,11-12H2,1H3,(H,21,23). The van der Waals surface area contributed by atoms with Crippen LogP contribution < -0.4 is 14.8 Å². The third kappa shape index (κ3) is 4.59. The fraction of sp³-hybridized carbons (Fsp3) is 0.389. The molecule has 1 aromatic heterocycles. The average molecular weight is 342 g/mol. The Morgan fingerprint density at radius 3 is 2.80 bits per heavy atom. The minimum absolute atomic E-state index is 0.0645. The van der Waals surface area contributed by atoms with E-state index in [2.05, 4.69) is 15.3 Å². The van der Waals surface area contributed by atoms with Gasteiger partial charge in [-0.25, -0.2) is 14.8 Å². The molecule has 1 fully saturated rings. The largest absolute Gasteiger partial charge is 0.492 e. The molecule has 25 heavy (non-hydrogen) atoms. The highest BCUT2D eigenvalue weighted by molar-refractivity contribution is 5.91. The summed E-state index contributed by atoms with van der Waals surface area (Å²) in [6, 6.07) is 9.07. The number of anilines is 1. The van der Waals surface area contributed by atoms with Crippen molar-refractivity contribution < 1.29 is 14.3 Å². The zero-order valence-corrected chi connectivity index (χ0v) is 14.2. The third-order valence-corrected chi connectivity index (χ3v) is 4.00. The molecule has 0 unspecified atom stereocenters. The minimum Gasteiger partial charge on any atom is -0.492 e. The van der Waals surface area contributed by atoms with E-state index in [-0.39, 0.29) is 12.1 Å². The normalized spacial score (nSPS) is 14.8. The van der Waals surface area contributed by atoms with Crippen LogP contribution in [0.25, 0.3) is 0 Å². The quantitative estimate of drug-likeness (QED) is 0.904. The van der Waals surface area contributed by atoms with Crippen molar-refractivity contribution in [3.05, 3.63) is 42.9 Å². The highest BCUT2D eigenvalue weighted by Gasteiger charge is 2.24. The topological polar surface area (TPSA) is 76.6 Å². The SMILES string of the molecule is CCOc1ccccc1NC(=O)N1CCC(Oc2ccncn2)CC1. The number of carbonyl (C=O) groups is 1. The van der Waals surface area contributed by atoms with Gasteiger partial charge in [0, 0.05) is 38.2 Å². The first-order valence-electron chi connectivity index (χ1n) is 8.46. The molecule has 7 nitrogen and oxygen atoms in total. The monoisotopic (exact) mass is 342 g/mol. The highest BCUT2D eigenvalue weighted by atomic mass is 16.5. The summed E-state index contributed by atoms with van der Waals surface area (Å²) in [5.41, 5.74) is 0.689. The molecule has 2 amide bonds. The number of amides is 2. The van der Waals surface area contributed by atoms with Crippen LogP contribution in [0.5, 0.6) is 11.6 Å². The number of urea groups is 1. The molecule has 0 atom stereocenters. The van der Waals surface area contributed by atoms with Gasteiger partial charge in [-0.2, -0.15) is 0 Å². The van der Waals surface area contributed by atoms with Gasteiger partial charge < -0.3 is 19.7 Å². The molecule has 2 heterocycles. The van der Waals surface area contributed by atoms with Crippen molar-refractivity contribution in [2.75, 3.05) is 25.0 Å². The Balaban J connectivity index is 1.52.